The molecule has 2 aromatic rings. The van der Waals surface area contributed by atoms with E-state index in [4.69, 9.17) is 4.98 Å². The molecule has 2 aliphatic rings. The molecule has 1 aliphatic carbocycles. The van der Waals surface area contributed by atoms with Crippen LogP contribution in [0.15, 0.2) is 30.3 Å². The number of hydrogen-bond donors (Lipinski definition) is 1. The molecular weight excluding hydrogens is 246 g/mol. The molecule has 0 spiro atoms. The molecule has 3 heteroatoms. The Labute approximate surface area is 120 Å². The predicted molar refractivity (Wildman–Crippen MR) is 79.9 cm³/mol. The predicted octanol–water partition coefficient (Wildman–Crippen LogP) is 2.82. The summed E-state index contributed by atoms with van der Waals surface area (Å²) in [7, 11) is 0. The van der Waals surface area contributed by atoms with Gasteiger partial charge >= 0.3 is 0 Å². The first-order valence-electron chi connectivity index (χ1n) is 7.73. The summed E-state index contributed by atoms with van der Waals surface area (Å²) in [6.07, 6.45) is 3.43. The van der Waals surface area contributed by atoms with Crippen LogP contribution in [0, 0.1) is 0 Å². The van der Waals surface area contributed by atoms with Crippen molar-refractivity contribution in [3.05, 3.63) is 53.1 Å². The maximum Gasteiger partial charge on any atom is 0.109 e. The standard InChI is InChI=1S/C17H21N3/c1-2-17-19-14-11-18-9-8-15(14)20(17)16-10-13(16)12-6-4-3-5-7-12/h3-7,13,16,18H,2,8-11H2,1H3. The van der Waals surface area contributed by atoms with E-state index in [1.165, 1.54) is 29.2 Å². The van der Waals surface area contributed by atoms with E-state index in [-0.39, 0.29) is 0 Å². The molecule has 2 unspecified atom stereocenters. The third-order valence-electron chi connectivity index (χ3n) is 4.63. The Morgan fingerprint density at radius 1 is 1.30 bits per heavy atom. The SMILES string of the molecule is CCc1nc2c(n1C1CC1c1ccccc1)CCNC2. The van der Waals surface area contributed by atoms with Crippen molar-refractivity contribution in [2.24, 2.45) is 0 Å². The van der Waals surface area contributed by atoms with Gasteiger partial charge in [-0.25, -0.2) is 4.98 Å². The van der Waals surface area contributed by atoms with Crippen LogP contribution in [0.1, 0.15) is 48.1 Å². The van der Waals surface area contributed by atoms with Gasteiger partial charge in [0, 0.05) is 43.6 Å². The molecule has 0 saturated heterocycles. The van der Waals surface area contributed by atoms with Crippen LogP contribution in [-0.2, 0) is 19.4 Å². The molecule has 2 atom stereocenters. The second-order valence-electron chi connectivity index (χ2n) is 5.89. The molecule has 1 fully saturated rings. The summed E-state index contributed by atoms with van der Waals surface area (Å²) in [6, 6.07) is 11.6. The van der Waals surface area contributed by atoms with Crippen LogP contribution < -0.4 is 5.32 Å². The lowest BCUT2D eigenvalue weighted by Gasteiger charge is -2.16. The molecule has 0 radical (unpaired) electrons. The van der Waals surface area contributed by atoms with Gasteiger partial charge < -0.3 is 9.88 Å². The van der Waals surface area contributed by atoms with Crippen LogP contribution in [0.3, 0.4) is 0 Å². The Kier molecular flexibility index (Phi) is 2.88. The average molecular weight is 267 g/mol. The molecule has 1 aliphatic heterocycles. The van der Waals surface area contributed by atoms with Crippen molar-refractivity contribution in [3.63, 3.8) is 0 Å². The van der Waals surface area contributed by atoms with Crippen molar-refractivity contribution in [3.8, 4) is 0 Å². The van der Waals surface area contributed by atoms with Gasteiger partial charge in [0.15, 0.2) is 0 Å². The van der Waals surface area contributed by atoms with Gasteiger partial charge in [0.2, 0.25) is 0 Å². The van der Waals surface area contributed by atoms with E-state index < -0.39 is 0 Å². The zero-order chi connectivity index (χ0) is 13.5. The Bertz CT molecular complexity index is 615. The molecular formula is C17H21N3. The Morgan fingerprint density at radius 3 is 2.95 bits per heavy atom. The van der Waals surface area contributed by atoms with E-state index in [9.17, 15) is 0 Å². The zero-order valence-electron chi connectivity index (χ0n) is 12.0. The van der Waals surface area contributed by atoms with Crippen LogP contribution >= 0.6 is 0 Å². The van der Waals surface area contributed by atoms with Gasteiger partial charge in [-0.05, 0) is 12.0 Å². The summed E-state index contributed by atoms with van der Waals surface area (Å²) < 4.78 is 2.56. The molecule has 0 bridgehead atoms. The van der Waals surface area contributed by atoms with E-state index in [2.05, 4.69) is 47.1 Å². The van der Waals surface area contributed by atoms with E-state index in [1.807, 2.05) is 0 Å². The fourth-order valence-corrected chi connectivity index (χ4v) is 3.56. The van der Waals surface area contributed by atoms with Crippen molar-refractivity contribution in [2.45, 2.75) is 44.7 Å². The third kappa shape index (κ3) is 1.88. The maximum absolute atomic E-state index is 4.86. The number of nitrogens with zero attached hydrogens (tertiary/aromatic N) is 2. The maximum atomic E-state index is 4.86. The number of benzene rings is 1. The first kappa shape index (κ1) is 12.2. The summed E-state index contributed by atoms with van der Waals surface area (Å²) >= 11 is 0. The van der Waals surface area contributed by atoms with Gasteiger partial charge in [0.25, 0.3) is 0 Å². The number of imidazole rings is 1. The van der Waals surface area contributed by atoms with Crippen LogP contribution in [-0.4, -0.2) is 16.1 Å². The monoisotopic (exact) mass is 267 g/mol. The summed E-state index contributed by atoms with van der Waals surface area (Å²) in [5, 5.41) is 3.43. The van der Waals surface area contributed by atoms with Gasteiger partial charge in [-0.1, -0.05) is 37.3 Å². The van der Waals surface area contributed by atoms with Gasteiger partial charge in [0.05, 0.1) is 5.69 Å². The molecule has 1 saturated carbocycles. The lowest BCUT2D eigenvalue weighted by Crippen LogP contribution is -2.25. The van der Waals surface area contributed by atoms with Crippen molar-refractivity contribution >= 4 is 0 Å². The second-order valence-corrected chi connectivity index (χ2v) is 5.89. The third-order valence-corrected chi connectivity index (χ3v) is 4.63. The molecule has 2 heterocycles. The molecule has 104 valence electrons. The number of nitrogens with one attached hydrogen (secondary N) is 1. The molecule has 4 rings (SSSR count). The highest BCUT2D eigenvalue weighted by Crippen LogP contribution is 2.52. The molecule has 1 aromatic carbocycles. The molecule has 0 amide bonds. The van der Waals surface area contributed by atoms with E-state index >= 15 is 0 Å². The number of rotatable bonds is 3. The normalized spacial score (nSPS) is 24.4. The van der Waals surface area contributed by atoms with Crippen LogP contribution in [0.5, 0.6) is 0 Å². The fraction of sp³-hybridized carbons (Fsp3) is 0.471. The quantitative estimate of drug-likeness (QED) is 0.926. The van der Waals surface area contributed by atoms with Gasteiger partial charge in [0.1, 0.15) is 5.82 Å². The van der Waals surface area contributed by atoms with E-state index in [0.717, 1.165) is 25.9 Å². The van der Waals surface area contributed by atoms with Crippen LogP contribution in [0.25, 0.3) is 0 Å². The number of aromatic nitrogens is 2. The van der Waals surface area contributed by atoms with E-state index in [0.29, 0.717) is 12.0 Å². The number of fused-ring (bicyclic) bond motifs is 1. The topological polar surface area (TPSA) is 29.9 Å². The molecule has 3 nitrogen and oxygen atoms in total. The molecule has 1 aromatic heterocycles. The van der Waals surface area contributed by atoms with Gasteiger partial charge in [-0.3, -0.25) is 0 Å². The first-order chi connectivity index (χ1) is 9.88. The minimum absolute atomic E-state index is 0.640. The van der Waals surface area contributed by atoms with Gasteiger partial charge in [-0.15, -0.1) is 0 Å². The summed E-state index contributed by atoms with van der Waals surface area (Å²) in [6.45, 7) is 4.25. The lowest BCUT2D eigenvalue weighted by molar-refractivity contribution is 0.580. The Hall–Kier alpha value is -1.61. The number of aryl methyl sites for hydroxylation is 1. The lowest BCUT2D eigenvalue weighted by atomic mass is 10.1. The van der Waals surface area contributed by atoms with Crippen molar-refractivity contribution in [2.75, 3.05) is 6.54 Å². The Morgan fingerprint density at radius 2 is 2.15 bits per heavy atom. The van der Waals surface area contributed by atoms with Crippen molar-refractivity contribution in [1.29, 1.82) is 0 Å². The van der Waals surface area contributed by atoms with Crippen molar-refractivity contribution < 1.29 is 0 Å². The second kappa shape index (κ2) is 4.74. The highest BCUT2D eigenvalue weighted by molar-refractivity contribution is 5.31. The zero-order valence-corrected chi connectivity index (χ0v) is 12.0. The van der Waals surface area contributed by atoms with E-state index in [1.54, 1.807) is 0 Å². The first-order valence-corrected chi connectivity index (χ1v) is 7.73. The highest BCUT2D eigenvalue weighted by Gasteiger charge is 2.42. The van der Waals surface area contributed by atoms with Crippen LogP contribution in [0.2, 0.25) is 0 Å². The summed E-state index contributed by atoms with van der Waals surface area (Å²) in [4.78, 5) is 4.86. The highest BCUT2D eigenvalue weighted by atomic mass is 15.2. The van der Waals surface area contributed by atoms with Crippen LogP contribution in [0.4, 0.5) is 0 Å². The number of hydrogen-bond acceptors (Lipinski definition) is 2. The van der Waals surface area contributed by atoms with Gasteiger partial charge in [-0.2, -0.15) is 0 Å². The Balaban J connectivity index is 1.68. The molecule has 1 N–H and O–H groups in total. The summed E-state index contributed by atoms with van der Waals surface area (Å²) in [5.41, 5.74) is 4.26. The minimum Gasteiger partial charge on any atom is -0.328 e. The minimum atomic E-state index is 0.640. The smallest absolute Gasteiger partial charge is 0.109 e. The largest absolute Gasteiger partial charge is 0.328 e. The van der Waals surface area contributed by atoms with Crippen molar-refractivity contribution in [1.82, 2.24) is 14.9 Å². The molecule has 20 heavy (non-hydrogen) atoms. The summed E-state index contributed by atoms with van der Waals surface area (Å²) in [5.74, 6) is 1.97. The fourth-order valence-electron chi connectivity index (χ4n) is 3.56. The average Bonchev–Trinajstić information content (AvgIpc) is 3.21.